The average Bonchev–Trinajstić information content (AvgIpc) is 2.97. The molecular weight excluding hydrogens is 290 g/mol. The second-order valence-corrected chi connectivity index (χ2v) is 5.52. The summed E-state index contributed by atoms with van der Waals surface area (Å²) in [6, 6.07) is 21.8. The van der Waals surface area contributed by atoms with Crippen molar-refractivity contribution >= 4 is 5.69 Å². The largest absolute Gasteiger partial charge is 0.508 e. The van der Waals surface area contributed by atoms with Crippen LogP contribution in [0.1, 0.15) is 16.7 Å². The topological polar surface area (TPSA) is 61.7 Å². The highest BCUT2D eigenvalue weighted by Gasteiger charge is 2.44. The van der Waals surface area contributed by atoms with Crippen molar-refractivity contribution in [3.8, 4) is 11.5 Å². The van der Waals surface area contributed by atoms with Gasteiger partial charge in [0.15, 0.2) is 5.60 Å². The van der Waals surface area contributed by atoms with Gasteiger partial charge in [0.05, 0.1) is 5.69 Å². The van der Waals surface area contributed by atoms with Gasteiger partial charge in [-0.1, -0.05) is 42.5 Å². The van der Waals surface area contributed by atoms with E-state index in [1.165, 1.54) is 0 Å². The van der Waals surface area contributed by atoms with E-state index in [1.807, 2.05) is 48.5 Å². The van der Waals surface area contributed by atoms with Gasteiger partial charge in [0.2, 0.25) is 0 Å². The summed E-state index contributed by atoms with van der Waals surface area (Å²) in [6.45, 7) is 0. The Morgan fingerprint density at radius 1 is 0.696 bits per heavy atom. The molecule has 0 spiro atoms. The summed E-state index contributed by atoms with van der Waals surface area (Å²) in [5.41, 5.74) is 5.81. The first-order valence-corrected chi connectivity index (χ1v) is 7.33. The predicted molar refractivity (Wildman–Crippen MR) is 87.2 cm³/mol. The number of anilines is 1. The van der Waals surface area contributed by atoms with E-state index in [0.29, 0.717) is 0 Å². The maximum Gasteiger partial charge on any atom is 0.173 e. The van der Waals surface area contributed by atoms with E-state index in [-0.39, 0.29) is 11.5 Å². The van der Waals surface area contributed by atoms with Crippen molar-refractivity contribution < 1.29 is 15.1 Å². The zero-order valence-corrected chi connectivity index (χ0v) is 12.2. The number of nitrogens with one attached hydrogen (secondary N) is 1. The van der Waals surface area contributed by atoms with Crippen LogP contribution in [0.2, 0.25) is 0 Å². The lowest BCUT2D eigenvalue weighted by atomic mass is 9.80. The van der Waals surface area contributed by atoms with Crippen LogP contribution in [0.15, 0.2) is 72.8 Å². The highest BCUT2D eigenvalue weighted by Crippen LogP contribution is 2.48. The first kappa shape index (κ1) is 13.7. The quantitative estimate of drug-likeness (QED) is 0.675. The summed E-state index contributed by atoms with van der Waals surface area (Å²) in [5.74, 6) is 0.405. The molecule has 3 aromatic rings. The first-order valence-electron chi connectivity index (χ1n) is 7.33. The summed E-state index contributed by atoms with van der Waals surface area (Å²) in [7, 11) is 0. The van der Waals surface area contributed by atoms with E-state index < -0.39 is 5.60 Å². The zero-order valence-electron chi connectivity index (χ0n) is 12.2. The van der Waals surface area contributed by atoms with Crippen molar-refractivity contribution in [2.45, 2.75) is 5.60 Å². The Labute approximate surface area is 133 Å². The molecule has 0 radical (unpaired) electrons. The molecule has 0 aromatic heterocycles. The van der Waals surface area contributed by atoms with Gasteiger partial charge < -0.3 is 10.2 Å². The van der Waals surface area contributed by atoms with E-state index in [0.717, 1.165) is 22.4 Å². The van der Waals surface area contributed by atoms with Crippen molar-refractivity contribution in [3.05, 3.63) is 89.5 Å². The molecule has 0 saturated heterocycles. The van der Waals surface area contributed by atoms with Gasteiger partial charge in [-0.05, 0) is 41.5 Å². The monoisotopic (exact) mass is 305 g/mol. The molecule has 4 heteroatoms. The third-order valence-electron chi connectivity index (χ3n) is 4.17. The molecule has 114 valence electrons. The third-order valence-corrected chi connectivity index (χ3v) is 4.17. The predicted octanol–water partition coefficient (Wildman–Crippen LogP) is 3.75. The minimum atomic E-state index is -0.835. The van der Waals surface area contributed by atoms with Crippen molar-refractivity contribution in [1.82, 2.24) is 0 Å². The Balaban J connectivity index is 1.99. The molecule has 0 fully saturated rings. The number of phenolic OH excluding ortho intramolecular Hbond substituents is 2. The van der Waals surface area contributed by atoms with Gasteiger partial charge in [-0.15, -0.1) is 0 Å². The van der Waals surface area contributed by atoms with Gasteiger partial charge in [0.25, 0.3) is 0 Å². The Kier molecular flexibility index (Phi) is 2.99. The van der Waals surface area contributed by atoms with Gasteiger partial charge >= 0.3 is 0 Å². The summed E-state index contributed by atoms with van der Waals surface area (Å²) in [5, 5.41) is 19.2. The molecule has 0 bridgehead atoms. The van der Waals surface area contributed by atoms with Crippen LogP contribution >= 0.6 is 0 Å². The molecule has 4 nitrogen and oxygen atoms in total. The molecule has 23 heavy (non-hydrogen) atoms. The molecule has 1 aliphatic heterocycles. The minimum Gasteiger partial charge on any atom is -0.508 e. The molecule has 3 N–H and O–H groups in total. The number of fused-ring (bicyclic) bond motifs is 1. The van der Waals surface area contributed by atoms with Gasteiger partial charge in [0, 0.05) is 5.56 Å². The SMILES string of the molecule is Oc1ccc(C2(c3ccc(O)cc3)ONc3ccccc32)cc1. The Bertz CT molecular complexity index is 796. The molecular formula is C19H15NO3. The van der Waals surface area contributed by atoms with Crippen LogP contribution in [-0.4, -0.2) is 10.2 Å². The second kappa shape index (κ2) is 5.04. The number of hydrogen-bond donors (Lipinski definition) is 3. The maximum absolute atomic E-state index is 9.60. The van der Waals surface area contributed by atoms with Crippen LogP contribution in [0.4, 0.5) is 5.69 Å². The van der Waals surface area contributed by atoms with Gasteiger partial charge in [-0.25, -0.2) is 0 Å². The molecule has 0 amide bonds. The van der Waals surface area contributed by atoms with Crippen LogP contribution in [0.5, 0.6) is 11.5 Å². The summed E-state index contributed by atoms with van der Waals surface area (Å²) >= 11 is 0. The third kappa shape index (κ3) is 2.04. The van der Waals surface area contributed by atoms with E-state index in [4.69, 9.17) is 4.84 Å². The number of para-hydroxylation sites is 1. The molecule has 0 saturated carbocycles. The smallest absolute Gasteiger partial charge is 0.173 e. The number of phenols is 2. The Morgan fingerprint density at radius 3 is 1.78 bits per heavy atom. The van der Waals surface area contributed by atoms with Crippen LogP contribution < -0.4 is 5.48 Å². The number of benzene rings is 3. The number of hydrogen-bond acceptors (Lipinski definition) is 4. The standard InChI is InChI=1S/C19H15NO3/c21-15-9-5-13(6-10-15)19(14-7-11-16(22)12-8-14)17-3-1-2-4-18(17)20-23-19/h1-12,20-22H. The normalized spacial score (nSPS) is 15.0. The number of aromatic hydroxyl groups is 2. The van der Waals surface area contributed by atoms with Gasteiger partial charge in [-0.3, -0.25) is 10.3 Å². The highest BCUT2D eigenvalue weighted by molar-refractivity contribution is 5.64. The van der Waals surface area contributed by atoms with Crippen LogP contribution in [0.25, 0.3) is 0 Å². The van der Waals surface area contributed by atoms with Crippen molar-refractivity contribution in [2.75, 3.05) is 5.48 Å². The molecule has 1 heterocycles. The molecule has 0 aliphatic carbocycles. The van der Waals surface area contributed by atoms with Crippen LogP contribution in [-0.2, 0) is 10.4 Å². The lowest BCUT2D eigenvalue weighted by Gasteiger charge is -2.29. The molecule has 0 unspecified atom stereocenters. The lowest BCUT2D eigenvalue weighted by molar-refractivity contribution is 0.0768. The van der Waals surface area contributed by atoms with Crippen LogP contribution in [0, 0.1) is 0 Å². The first-order chi connectivity index (χ1) is 11.2. The fourth-order valence-corrected chi connectivity index (χ4v) is 3.05. The molecule has 0 atom stereocenters. The van der Waals surface area contributed by atoms with Gasteiger partial charge in [0.1, 0.15) is 11.5 Å². The van der Waals surface area contributed by atoms with E-state index in [9.17, 15) is 10.2 Å². The fraction of sp³-hybridized carbons (Fsp3) is 0.0526. The van der Waals surface area contributed by atoms with E-state index in [1.54, 1.807) is 24.3 Å². The average molecular weight is 305 g/mol. The number of rotatable bonds is 2. The molecule has 4 rings (SSSR count). The van der Waals surface area contributed by atoms with Crippen molar-refractivity contribution in [1.29, 1.82) is 0 Å². The minimum absolute atomic E-state index is 0.203. The Hall–Kier alpha value is -2.98. The van der Waals surface area contributed by atoms with Crippen molar-refractivity contribution in [2.24, 2.45) is 0 Å². The van der Waals surface area contributed by atoms with Crippen molar-refractivity contribution in [3.63, 3.8) is 0 Å². The second-order valence-electron chi connectivity index (χ2n) is 5.52. The highest BCUT2D eigenvalue weighted by atomic mass is 16.7. The van der Waals surface area contributed by atoms with Gasteiger partial charge in [-0.2, -0.15) is 0 Å². The fourth-order valence-electron chi connectivity index (χ4n) is 3.05. The van der Waals surface area contributed by atoms with E-state index in [2.05, 4.69) is 5.48 Å². The maximum atomic E-state index is 9.60. The van der Waals surface area contributed by atoms with E-state index >= 15 is 0 Å². The lowest BCUT2D eigenvalue weighted by Crippen LogP contribution is -2.29. The summed E-state index contributed by atoms with van der Waals surface area (Å²) < 4.78 is 0. The molecule has 3 aromatic carbocycles. The Morgan fingerprint density at radius 2 is 1.22 bits per heavy atom. The van der Waals surface area contributed by atoms with Crippen LogP contribution in [0.3, 0.4) is 0 Å². The summed E-state index contributed by atoms with van der Waals surface area (Å²) in [4.78, 5) is 6.05. The summed E-state index contributed by atoms with van der Waals surface area (Å²) in [6.07, 6.45) is 0. The molecule has 1 aliphatic rings. The zero-order chi connectivity index (χ0) is 15.9.